The number of aliphatic hydroxyl groups is 3. The minimum Gasteiger partial charge on any atom is -0.392 e. The molecule has 0 bridgehead atoms. The Labute approximate surface area is 75.9 Å². The van der Waals surface area contributed by atoms with Crippen LogP contribution < -0.4 is 5.73 Å². The Morgan fingerprint density at radius 2 is 2.23 bits per heavy atom. The van der Waals surface area contributed by atoms with Gasteiger partial charge in [0.05, 0.1) is 12.7 Å². The second-order valence-electron chi connectivity index (χ2n) is 3.14. The largest absolute Gasteiger partial charge is 0.392 e. The minimum atomic E-state index is -1.64. The topological polar surface area (TPSA) is 105 Å². The molecular formula is C7H15NO5. The molecule has 0 aromatic carbocycles. The highest BCUT2D eigenvalue weighted by Crippen LogP contribution is 2.25. The third kappa shape index (κ3) is 1.98. The van der Waals surface area contributed by atoms with Crippen LogP contribution in [0.2, 0.25) is 0 Å². The smallest absolute Gasteiger partial charge is 0.171 e. The van der Waals surface area contributed by atoms with Crippen LogP contribution in [0, 0.1) is 0 Å². The normalized spacial score (nSPS) is 46.4. The van der Waals surface area contributed by atoms with E-state index in [1.165, 1.54) is 7.11 Å². The van der Waals surface area contributed by atoms with Crippen molar-refractivity contribution in [3.8, 4) is 0 Å². The van der Waals surface area contributed by atoms with Crippen molar-refractivity contribution < 1.29 is 24.8 Å². The average Bonchev–Trinajstić information content (AvgIpc) is 2.13. The lowest BCUT2D eigenvalue weighted by molar-refractivity contribution is -0.294. The van der Waals surface area contributed by atoms with Gasteiger partial charge in [0, 0.05) is 13.5 Å². The lowest BCUT2D eigenvalue weighted by Crippen LogP contribution is -2.65. The highest BCUT2D eigenvalue weighted by atomic mass is 16.7. The molecule has 1 aliphatic heterocycles. The second-order valence-corrected chi connectivity index (χ2v) is 3.14. The van der Waals surface area contributed by atoms with E-state index in [0.29, 0.717) is 0 Å². The molecule has 1 saturated heterocycles. The number of methoxy groups -OCH3 is 1. The van der Waals surface area contributed by atoms with Crippen molar-refractivity contribution in [3.63, 3.8) is 0 Å². The van der Waals surface area contributed by atoms with E-state index in [4.69, 9.17) is 20.3 Å². The lowest BCUT2D eigenvalue weighted by atomic mass is 9.97. The van der Waals surface area contributed by atoms with Gasteiger partial charge < -0.3 is 24.8 Å². The van der Waals surface area contributed by atoms with Gasteiger partial charge in [0.1, 0.15) is 6.10 Å². The predicted molar refractivity (Wildman–Crippen MR) is 42.5 cm³/mol. The van der Waals surface area contributed by atoms with Gasteiger partial charge >= 0.3 is 0 Å². The first-order valence-corrected chi connectivity index (χ1v) is 4.00. The summed E-state index contributed by atoms with van der Waals surface area (Å²) in [4.78, 5) is 0. The van der Waals surface area contributed by atoms with Crippen LogP contribution in [0.25, 0.3) is 0 Å². The van der Waals surface area contributed by atoms with E-state index in [2.05, 4.69) is 0 Å². The fourth-order valence-electron chi connectivity index (χ4n) is 1.29. The van der Waals surface area contributed by atoms with Crippen molar-refractivity contribution >= 4 is 0 Å². The van der Waals surface area contributed by atoms with E-state index in [1.54, 1.807) is 0 Å². The Balaban J connectivity index is 2.71. The van der Waals surface area contributed by atoms with Gasteiger partial charge in [-0.15, -0.1) is 0 Å². The molecule has 4 atom stereocenters. The van der Waals surface area contributed by atoms with Crippen LogP contribution in [0.1, 0.15) is 6.42 Å². The molecule has 0 aromatic heterocycles. The molecule has 13 heavy (non-hydrogen) atoms. The lowest BCUT2D eigenvalue weighted by Gasteiger charge is -2.42. The zero-order valence-corrected chi connectivity index (χ0v) is 7.38. The maximum Gasteiger partial charge on any atom is 0.171 e. The molecule has 0 saturated carbocycles. The van der Waals surface area contributed by atoms with Gasteiger partial charge in [-0.3, -0.25) is 5.73 Å². The fraction of sp³-hybridized carbons (Fsp3) is 1.00. The van der Waals surface area contributed by atoms with E-state index in [1.807, 2.05) is 0 Å². The SMILES string of the molecule is COC1CC(O)C(O)C(N)(CO)O1. The van der Waals surface area contributed by atoms with Gasteiger partial charge in [-0.1, -0.05) is 0 Å². The monoisotopic (exact) mass is 193 g/mol. The Morgan fingerprint density at radius 1 is 1.62 bits per heavy atom. The van der Waals surface area contributed by atoms with Crippen molar-refractivity contribution in [2.45, 2.75) is 30.6 Å². The molecule has 0 spiro atoms. The third-order valence-electron chi connectivity index (χ3n) is 2.16. The van der Waals surface area contributed by atoms with Crippen LogP contribution >= 0.6 is 0 Å². The first kappa shape index (κ1) is 10.8. The Hall–Kier alpha value is -0.240. The molecule has 1 heterocycles. The molecule has 6 heteroatoms. The van der Waals surface area contributed by atoms with Crippen molar-refractivity contribution in [1.82, 2.24) is 0 Å². The number of nitrogens with two attached hydrogens (primary N) is 1. The number of ether oxygens (including phenoxy) is 2. The fourth-order valence-corrected chi connectivity index (χ4v) is 1.29. The minimum absolute atomic E-state index is 0.136. The standard InChI is InChI=1S/C7H15NO5/c1-12-5-2-4(10)6(11)7(8,3-9)13-5/h4-6,9-11H,2-3,8H2,1H3. The van der Waals surface area contributed by atoms with Crippen LogP contribution in [0.3, 0.4) is 0 Å². The molecule has 6 nitrogen and oxygen atoms in total. The van der Waals surface area contributed by atoms with Crippen LogP contribution in [0.15, 0.2) is 0 Å². The first-order chi connectivity index (χ1) is 6.03. The van der Waals surface area contributed by atoms with Gasteiger partial charge in [0.2, 0.25) is 0 Å². The number of rotatable bonds is 2. The van der Waals surface area contributed by atoms with E-state index < -0.39 is 30.8 Å². The summed E-state index contributed by atoms with van der Waals surface area (Å²) < 4.78 is 9.87. The summed E-state index contributed by atoms with van der Waals surface area (Å²) in [6.07, 6.45) is -2.91. The number of aliphatic hydroxyl groups excluding tert-OH is 3. The molecule has 0 radical (unpaired) electrons. The molecular weight excluding hydrogens is 178 g/mol. The maximum atomic E-state index is 9.39. The molecule has 1 fully saturated rings. The summed E-state index contributed by atoms with van der Waals surface area (Å²) in [6.45, 7) is -0.578. The van der Waals surface area contributed by atoms with Crippen LogP contribution in [0.5, 0.6) is 0 Å². The summed E-state index contributed by atoms with van der Waals surface area (Å²) in [5.74, 6) is 0. The van der Waals surface area contributed by atoms with Crippen molar-refractivity contribution in [2.75, 3.05) is 13.7 Å². The van der Waals surface area contributed by atoms with Gasteiger partial charge in [-0.05, 0) is 0 Å². The Morgan fingerprint density at radius 3 is 2.69 bits per heavy atom. The van der Waals surface area contributed by atoms with Crippen LogP contribution in [-0.4, -0.2) is 53.3 Å². The Kier molecular flexibility index (Phi) is 3.23. The number of hydrogen-bond donors (Lipinski definition) is 4. The van der Waals surface area contributed by atoms with E-state index in [0.717, 1.165) is 0 Å². The van der Waals surface area contributed by atoms with Gasteiger partial charge in [0.25, 0.3) is 0 Å². The van der Waals surface area contributed by atoms with Gasteiger partial charge in [0.15, 0.2) is 12.0 Å². The molecule has 1 rings (SSSR count). The van der Waals surface area contributed by atoms with Crippen molar-refractivity contribution in [2.24, 2.45) is 5.73 Å². The highest BCUT2D eigenvalue weighted by Gasteiger charge is 2.46. The average molecular weight is 193 g/mol. The zero-order chi connectivity index (χ0) is 10.1. The molecule has 0 aliphatic carbocycles. The zero-order valence-electron chi connectivity index (χ0n) is 7.38. The second kappa shape index (κ2) is 3.87. The predicted octanol–water partition coefficient (Wildman–Crippen LogP) is -2.25. The molecule has 0 aromatic rings. The summed E-state index contributed by atoms with van der Waals surface area (Å²) in [7, 11) is 1.40. The van der Waals surface area contributed by atoms with Crippen molar-refractivity contribution in [3.05, 3.63) is 0 Å². The maximum absolute atomic E-state index is 9.39. The molecule has 0 amide bonds. The van der Waals surface area contributed by atoms with E-state index in [9.17, 15) is 10.2 Å². The van der Waals surface area contributed by atoms with Crippen LogP contribution in [-0.2, 0) is 9.47 Å². The third-order valence-corrected chi connectivity index (χ3v) is 2.16. The van der Waals surface area contributed by atoms with Gasteiger partial charge in [-0.25, -0.2) is 0 Å². The summed E-state index contributed by atoms with van der Waals surface area (Å²) in [5, 5.41) is 27.6. The molecule has 4 unspecified atom stereocenters. The first-order valence-electron chi connectivity index (χ1n) is 4.00. The summed E-state index contributed by atoms with van der Waals surface area (Å²) >= 11 is 0. The quantitative estimate of drug-likeness (QED) is 0.395. The molecule has 78 valence electrons. The van der Waals surface area contributed by atoms with Gasteiger partial charge in [-0.2, -0.15) is 0 Å². The summed E-state index contributed by atoms with van der Waals surface area (Å²) in [5.41, 5.74) is 3.86. The van der Waals surface area contributed by atoms with Crippen LogP contribution in [0.4, 0.5) is 0 Å². The summed E-state index contributed by atoms with van der Waals surface area (Å²) in [6, 6.07) is 0. The van der Waals surface area contributed by atoms with Crippen molar-refractivity contribution in [1.29, 1.82) is 0 Å². The van der Waals surface area contributed by atoms with E-state index in [-0.39, 0.29) is 6.42 Å². The molecule has 5 N–H and O–H groups in total. The Bertz CT molecular complexity index is 178. The number of hydrogen-bond acceptors (Lipinski definition) is 6. The molecule has 1 aliphatic rings. The van der Waals surface area contributed by atoms with E-state index >= 15 is 0 Å². The highest BCUT2D eigenvalue weighted by molar-refractivity contribution is 4.91.